The molecule has 1 aliphatic rings. The Morgan fingerprint density at radius 1 is 1.17 bits per heavy atom. The first-order chi connectivity index (χ1) is 14.3. The topological polar surface area (TPSA) is 87.7 Å². The first kappa shape index (κ1) is 21.1. The van der Waals surface area contributed by atoms with E-state index in [1.54, 1.807) is 24.3 Å². The number of urea groups is 1. The lowest BCUT2D eigenvalue weighted by Gasteiger charge is -2.12. The highest BCUT2D eigenvalue weighted by atomic mass is 16.5. The van der Waals surface area contributed by atoms with E-state index in [0.717, 1.165) is 21.8 Å². The van der Waals surface area contributed by atoms with Gasteiger partial charge in [0.1, 0.15) is 18.0 Å². The number of imide groups is 1. The number of ether oxygens (including phenoxy) is 1. The summed E-state index contributed by atoms with van der Waals surface area (Å²) in [5.41, 5.74) is 2.47. The molecule has 2 aromatic rings. The van der Waals surface area contributed by atoms with Crippen LogP contribution in [0.3, 0.4) is 0 Å². The van der Waals surface area contributed by atoms with Crippen LogP contribution in [0.2, 0.25) is 0 Å². The number of carbonyl (C=O) groups is 3. The highest BCUT2D eigenvalue weighted by molar-refractivity contribution is 6.15. The van der Waals surface area contributed by atoms with Gasteiger partial charge in [0.25, 0.3) is 5.91 Å². The van der Waals surface area contributed by atoms with E-state index >= 15 is 0 Å². The van der Waals surface area contributed by atoms with Gasteiger partial charge in [-0.05, 0) is 54.3 Å². The van der Waals surface area contributed by atoms with Crippen molar-refractivity contribution in [1.29, 1.82) is 0 Å². The van der Waals surface area contributed by atoms with E-state index < -0.39 is 17.8 Å². The molecule has 0 aliphatic carbocycles. The highest BCUT2D eigenvalue weighted by Gasteiger charge is 2.34. The van der Waals surface area contributed by atoms with Crippen molar-refractivity contribution in [2.24, 2.45) is 5.92 Å². The third-order valence-electron chi connectivity index (χ3n) is 4.34. The molecule has 30 heavy (non-hydrogen) atoms. The zero-order chi connectivity index (χ0) is 21.7. The molecule has 1 heterocycles. The van der Waals surface area contributed by atoms with Gasteiger partial charge in [-0.1, -0.05) is 38.1 Å². The lowest BCUT2D eigenvalue weighted by atomic mass is 10.2. The number of nitrogens with one attached hydrogen (secondary N) is 2. The number of carbonyl (C=O) groups excluding carboxylic acids is 3. The summed E-state index contributed by atoms with van der Waals surface area (Å²) in [6.45, 7) is 6.31. The molecule has 1 fully saturated rings. The average molecular weight is 407 g/mol. The maximum absolute atomic E-state index is 12.6. The first-order valence-electron chi connectivity index (χ1n) is 9.76. The molecule has 0 spiro atoms. The molecule has 7 nitrogen and oxygen atoms in total. The first-order valence-corrected chi connectivity index (χ1v) is 9.76. The molecule has 7 heteroatoms. The molecule has 2 aromatic carbocycles. The molecule has 0 saturated carbocycles. The number of hydrogen-bond donors (Lipinski definition) is 2. The quantitative estimate of drug-likeness (QED) is 0.543. The van der Waals surface area contributed by atoms with Crippen molar-refractivity contribution in [1.82, 2.24) is 10.2 Å². The SMILES string of the molecule is Cc1cccc(NC(=O)CN2C(=O)N/C(=C/c3ccc(OCC(C)C)cc3)C2=O)c1. The summed E-state index contributed by atoms with van der Waals surface area (Å²) in [5, 5.41) is 5.22. The van der Waals surface area contributed by atoms with Crippen molar-refractivity contribution in [3.8, 4) is 5.75 Å². The standard InChI is InChI=1S/C23H25N3O4/c1-15(2)14-30-19-9-7-17(8-10-19)12-20-22(28)26(23(29)25-20)13-21(27)24-18-6-4-5-16(3)11-18/h4-12,15H,13-14H2,1-3H3,(H,24,27)(H,25,29)/b20-12+. The third kappa shape index (κ3) is 5.47. The van der Waals surface area contributed by atoms with Gasteiger partial charge in [-0.2, -0.15) is 0 Å². The zero-order valence-electron chi connectivity index (χ0n) is 17.3. The summed E-state index contributed by atoms with van der Waals surface area (Å²) in [6.07, 6.45) is 1.57. The summed E-state index contributed by atoms with van der Waals surface area (Å²) in [5.74, 6) is 0.172. The van der Waals surface area contributed by atoms with Crippen molar-refractivity contribution in [3.63, 3.8) is 0 Å². The largest absolute Gasteiger partial charge is 0.493 e. The Labute approximate surface area is 175 Å². The number of hydrogen-bond acceptors (Lipinski definition) is 4. The van der Waals surface area contributed by atoms with Crippen LogP contribution in [-0.4, -0.2) is 35.9 Å². The van der Waals surface area contributed by atoms with Gasteiger partial charge in [0, 0.05) is 5.69 Å². The van der Waals surface area contributed by atoms with Crippen LogP contribution in [0.25, 0.3) is 6.08 Å². The third-order valence-corrected chi connectivity index (χ3v) is 4.34. The number of nitrogens with zero attached hydrogens (tertiary/aromatic N) is 1. The van der Waals surface area contributed by atoms with E-state index in [1.165, 1.54) is 0 Å². The molecule has 156 valence electrons. The Bertz CT molecular complexity index is 980. The second kappa shape index (κ2) is 9.26. The fourth-order valence-electron chi connectivity index (χ4n) is 2.87. The van der Waals surface area contributed by atoms with Crippen LogP contribution in [0.15, 0.2) is 54.2 Å². The summed E-state index contributed by atoms with van der Waals surface area (Å²) in [6, 6.07) is 13.9. The van der Waals surface area contributed by atoms with Crippen molar-refractivity contribution in [3.05, 3.63) is 65.4 Å². The van der Waals surface area contributed by atoms with Gasteiger partial charge >= 0.3 is 6.03 Å². The van der Waals surface area contributed by atoms with E-state index in [4.69, 9.17) is 4.74 Å². The molecule has 1 aliphatic heterocycles. The molecule has 3 rings (SSSR count). The molecule has 4 amide bonds. The number of aryl methyl sites for hydroxylation is 1. The summed E-state index contributed by atoms with van der Waals surface area (Å²) < 4.78 is 5.64. The van der Waals surface area contributed by atoms with Crippen molar-refractivity contribution in [2.75, 3.05) is 18.5 Å². The van der Waals surface area contributed by atoms with Gasteiger partial charge in [0.05, 0.1) is 6.61 Å². The Kier molecular flexibility index (Phi) is 6.51. The number of rotatable bonds is 7. The highest BCUT2D eigenvalue weighted by Crippen LogP contribution is 2.18. The number of benzene rings is 2. The lowest BCUT2D eigenvalue weighted by Crippen LogP contribution is -2.38. The minimum Gasteiger partial charge on any atom is -0.493 e. The smallest absolute Gasteiger partial charge is 0.329 e. The lowest BCUT2D eigenvalue weighted by molar-refractivity contribution is -0.127. The minimum atomic E-state index is -0.623. The molecule has 0 radical (unpaired) electrons. The van der Waals surface area contributed by atoms with Crippen LogP contribution in [0.1, 0.15) is 25.0 Å². The summed E-state index contributed by atoms with van der Waals surface area (Å²) in [7, 11) is 0. The van der Waals surface area contributed by atoms with Gasteiger partial charge < -0.3 is 15.4 Å². The van der Waals surface area contributed by atoms with Crippen molar-refractivity contribution >= 4 is 29.6 Å². The fourth-order valence-corrected chi connectivity index (χ4v) is 2.87. The maximum atomic E-state index is 12.6. The molecular formula is C23H25N3O4. The van der Waals surface area contributed by atoms with Crippen LogP contribution >= 0.6 is 0 Å². The second-order valence-corrected chi connectivity index (χ2v) is 7.57. The van der Waals surface area contributed by atoms with Crippen LogP contribution < -0.4 is 15.4 Å². The molecule has 0 unspecified atom stereocenters. The predicted molar refractivity (Wildman–Crippen MR) is 115 cm³/mol. The van der Waals surface area contributed by atoms with E-state index in [9.17, 15) is 14.4 Å². The number of amides is 4. The average Bonchev–Trinajstić information content (AvgIpc) is 2.95. The van der Waals surface area contributed by atoms with Gasteiger partial charge in [0.2, 0.25) is 5.91 Å². The van der Waals surface area contributed by atoms with E-state index in [0.29, 0.717) is 18.2 Å². The molecule has 0 aromatic heterocycles. The van der Waals surface area contributed by atoms with Gasteiger partial charge in [-0.25, -0.2) is 9.69 Å². The van der Waals surface area contributed by atoms with Crippen LogP contribution in [0.5, 0.6) is 5.75 Å². The van der Waals surface area contributed by atoms with Crippen molar-refractivity contribution in [2.45, 2.75) is 20.8 Å². The van der Waals surface area contributed by atoms with Crippen molar-refractivity contribution < 1.29 is 19.1 Å². The minimum absolute atomic E-state index is 0.124. The summed E-state index contributed by atoms with van der Waals surface area (Å²) >= 11 is 0. The Hall–Kier alpha value is -3.61. The maximum Gasteiger partial charge on any atom is 0.329 e. The van der Waals surface area contributed by atoms with E-state index in [2.05, 4.69) is 24.5 Å². The monoisotopic (exact) mass is 407 g/mol. The predicted octanol–water partition coefficient (Wildman–Crippen LogP) is 3.56. The normalized spacial score (nSPS) is 14.9. The molecule has 2 N–H and O–H groups in total. The van der Waals surface area contributed by atoms with E-state index in [1.807, 2.05) is 37.3 Å². The number of anilines is 1. The molecular weight excluding hydrogens is 382 g/mol. The van der Waals surface area contributed by atoms with Gasteiger partial charge in [-0.15, -0.1) is 0 Å². The molecule has 1 saturated heterocycles. The van der Waals surface area contributed by atoms with Crippen LogP contribution in [-0.2, 0) is 9.59 Å². The molecule has 0 bridgehead atoms. The van der Waals surface area contributed by atoms with Crippen LogP contribution in [0, 0.1) is 12.8 Å². The molecule has 0 atom stereocenters. The summed E-state index contributed by atoms with van der Waals surface area (Å²) in [4.78, 5) is 37.9. The fraction of sp³-hybridized carbons (Fsp3) is 0.261. The van der Waals surface area contributed by atoms with E-state index in [-0.39, 0.29) is 12.2 Å². The van der Waals surface area contributed by atoms with Gasteiger partial charge in [-0.3, -0.25) is 9.59 Å². The Balaban J connectivity index is 1.63. The van der Waals surface area contributed by atoms with Gasteiger partial charge in [0.15, 0.2) is 0 Å². The zero-order valence-corrected chi connectivity index (χ0v) is 17.3. The van der Waals surface area contributed by atoms with Crippen LogP contribution in [0.4, 0.5) is 10.5 Å². The Morgan fingerprint density at radius 3 is 2.57 bits per heavy atom. The Morgan fingerprint density at radius 2 is 1.90 bits per heavy atom. The second-order valence-electron chi connectivity index (χ2n) is 7.57.